The number of nitrogens with zero attached hydrogens (tertiary/aromatic N) is 3. The Kier molecular flexibility index (Phi) is 3.73. The van der Waals surface area contributed by atoms with Crippen LogP contribution in [0.4, 0.5) is 0 Å². The molecule has 2 unspecified atom stereocenters. The number of pyridine rings is 2. The first-order valence-corrected chi connectivity index (χ1v) is 10.2. The van der Waals surface area contributed by atoms with Crippen LogP contribution in [0.3, 0.4) is 0 Å². The third-order valence-corrected chi connectivity index (χ3v) is 6.14. The van der Waals surface area contributed by atoms with Gasteiger partial charge in [0.15, 0.2) is 0 Å². The molecule has 1 aliphatic heterocycles. The second-order valence-electron chi connectivity index (χ2n) is 7.95. The van der Waals surface area contributed by atoms with Crippen molar-refractivity contribution in [3.63, 3.8) is 0 Å². The molecule has 1 saturated carbocycles. The maximum atomic E-state index is 4.92. The average Bonchev–Trinajstić information content (AvgIpc) is 3.60. The van der Waals surface area contributed by atoms with E-state index in [0.717, 1.165) is 12.1 Å². The van der Waals surface area contributed by atoms with E-state index >= 15 is 0 Å². The first-order chi connectivity index (χ1) is 14.4. The molecule has 0 N–H and O–H groups in total. The topological polar surface area (TPSA) is 29.0 Å². The number of rotatable bonds is 3. The highest BCUT2D eigenvalue weighted by atomic mass is 15.2. The van der Waals surface area contributed by atoms with E-state index < -0.39 is 0 Å². The second-order valence-corrected chi connectivity index (χ2v) is 7.95. The number of aromatic nitrogens is 2. The molecule has 4 aromatic rings. The van der Waals surface area contributed by atoms with Crippen LogP contribution in [0.25, 0.3) is 28.1 Å². The summed E-state index contributed by atoms with van der Waals surface area (Å²) in [5.41, 5.74) is 7.44. The lowest BCUT2D eigenvalue weighted by Crippen LogP contribution is -2.23. The molecule has 6 rings (SSSR count). The average molecular weight is 375 g/mol. The van der Waals surface area contributed by atoms with Crippen molar-refractivity contribution < 1.29 is 0 Å². The minimum Gasteiger partial charge on any atom is -0.369 e. The SMILES string of the molecule is C1=CN(C2CC2c2ccc3ccccc3n2)Cc2cccc(-c3cccnc3)c21. The summed E-state index contributed by atoms with van der Waals surface area (Å²) in [6.07, 6.45) is 9.48. The molecule has 1 fully saturated rings. The maximum absolute atomic E-state index is 4.92. The first kappa shape index (κ1) is 16.5. The highest BCUT2D eigenvalue weighted by Crippen LogP contribution is 2.46. The Labute approximate surface area is 170 Å². The van der Waals surface area contributed by atoms with E-state index in [9.17, 15) is 0 Å². The van der Waals surface area contributed by atoms with Crippen LogP contribution in [0, 0.1) is 0 Å². The molecular formula is C26H21N3. The predicted octanol–water partition coefficient (Wildman–Crippen LogP) is 5.64. The monoisotopic (exact) mass is 375 g/mol. The predicted molar refractivity (Wildman–Crippen MR) is 117 cm³/mol. The van der Waals surface area contributed by atoms with Crippen LogP contribution in [0.1, 0.15) is 29.2 Å². The first-order valence-electron chi connectivity index (χ1n) is 10.2. The number of hydrogen-bond acceptors (Lipinski definition) is 3. The zero-order valence-corrected chi connectivity index (χ0v) is 16.1. The van der Waals surface area contributed by atoms with E-state index in [4.69, 9.17) is 4.98 Å². The van der Waals surface area contributed by atoms with Gasteiger partial charge in [-0.2, -0.15) is 0 Å². The Hall–Kier alpha value is -3.46. The lowest BCUT2D eigenvalue weighted by Gasteiger charge is -2.27. The molecule has 2 aromatic heterocycles. The van der Waals surface area contributed by atoms with Gasteiger partial charge in [0.25, 0.3) is 0 Å². The van der Waals surface area contributed by atoms with Gasteiger partial charge in [-0.15, -0.1) is 0 Å². The van der Waals surface area contributed by atoms with E-state index in [2.05, 4.69) is 82.8 Å². The standard InChI is InChI=1S/C26H21N3/c1-2-9-24-18(5-1)10-11-25(28-24)23-15-26(23)29-14-12-22-20(17-29)6-3-8-21(22)19-7-4-13-27-16-19/h1-14,16,23,26H,15,17H2. The Morgan fingerprint density at radius 1 is 0.897 bits per heavy atom. The molecule has 2 atom stereocenters. The van der Waals surface area contributed by atoms with Gasteiger partial charge in [-0.3, -0.25) is 9.97 Å². The molecule has 0 bridgehead atoms. The summed E-state index contributed by atoms with van der Waals surface area (Å²) >= 11 is 0. The molecule has 0 amide bonds. The van der Waals surface area contributed by atoms with E-state index in [1.807, 2.05) is 18.5 Å². The molecular weight excluding hydrogens is 354 g/mol. The molecule has 2 aromatic carbocycles. The van der Waals surface area contributed by atoms with Gasteiger partial charge in [-0.1, -0.05) is 48.5 Å². The fourth-order valence-electron chi connectivity index (χ4n) is 4.52. The van der Waals surface area contributed by atoms with Crippen LogP contribution in [0.15, 0.2) is 85.3 Å². The molecule has 0 radical (unpaired) electrons. The number of fused-ring (bicyclic) bond motifs is 2. The summed E-state index contributed by atoms with van der Waals surface area (Å²) < 4.78 is 0. The third kappa shape index (κ3) is 2.90. The van der Waals surface area contributed by atoms with Crippen molar-refractivity contribution >= 4 is 17.0 Å². The largest absolute Gasteiger partial charge is 0.369 e. The fraction of sp³-hybridized carbons (Fsp3) is 0.154. The van der Waals surface area contributed by atoms with Crippen LogP contribution >= 0.6 is 0 Å². The molecule has 3 heteroatoms. The van der Waals surface area contributed by atoms with Gasteiger partial charge in [-0.05, 0) is 47.4 Å². The van der Waals surface area contributed by atoms with Crippen molar-refractivity contribution in [2.45, 2.75) is 24.9 Å². The summed E-state index contributed by atoms with van der Waals surface area (Å²) in [6, 6.07) is 24.0. The molecule has 1 aliphatic carbocycles. The summed E-state index contributed by atoms with van der Waals surface area (Å²) in [4.78, 5) is 11.7. The minimum absolute atomic E-state index is 0.521. The van der Waals surface area contributed by atoms with Gasteiger partial charge in [0.1, 0.15) is 0 Å². The van der Waals surface area contributed by atoms with Crippen molar-refractivity contribution in [2.75, 3.05) is 0 Å². The summed E-state index contributed by atoms with van der Waals surface area (Å²) in [7, 11) is 0. The lowest BCUT2D eigenvalue weighted by atomic mass is 9.94. The van der Waals surface area contributed by atoms with Gasteiger partial charge >= 0.3 is 0 Å². The summed E-state index contributed by atoms with van der Waals surface area (Å²) in [5, 5.41) is 1.21. The normalized spacial score (nSPS) is 19.9. The van der Waals surface area contributed by atoms with Crippen LogP contribution in [0.5, 0.6) is 0 Å². The Morgan fingerprint density at radius 2 is 1.86 bits per heavy atom. The molecule has 140 valence electrons. The molecule has 29 heavy (non-hydrogen) atoms. The van der Waals surface area contributed by atoms with Crippen molar-refractivity contribution in [1.82, 2.24) is 14.9 Å². The van der Waals surface area contributed by atoms with Crippen molar-refractivity contribution in [3.05, 3.63) is 102 Å². The maximum Gasteiger partial charge on any atom is 0.0705 e. The van der Waals surface area contributed by atoms with E-state index in [-0.39, 0.29) is 0 Å². The van der Waals surface area contributed by atoms with E-state index in [1.165, 1.54) is 39.8 Å². The minimum atomic E-state index is 0.521. The molecule has 0 saturated heterocycles. The lowest BCUT2D eigenvalue weighted by molar-refractivity contribution is 0.350. The zero-order chi connectivity index (χ0) is 19.2. The quantitative estimate of drug-likeness (QED) is 0.464. The van der Waals surface area contributed by atoms with Gasteiger partial charge in [0.2, 0.25) is 0 Å². The second kappa shape index (κ2) is 6.56. The summed E-state index contributed by atoms with van der Waals surface area (Å²) in [6.45, 7) is 0.953. The highest BCUT2D eigenvalue weighted by molar-refractivity contribution is 5.79. The highest BCUT2D eigenvalue weighted by Gasteiger charge is 2.43. The van der Waals surface area contributed by atoms with Crippen molar-refractivity contribution in [3.8, 4) is 11.1 Å². The molecule has 3 heterocycles. The van der Waals surface area contributed by atoms with Crippen molar-refractivity contribution in [2.24, 2.45) is 0 Å². The fourth-order valence-corrected chi connectivity index (χ4v) is 4.52. The molecule has 3 nitrogen and oxygen atoms in total. The van der Waals surface area contributed by atoms with Gasteiger partial charge in [-0.25, -0.2) is 0 Å². The Balaban J connectivity index is 1.26. The third-order valence-electron chi connectivity index (χ3n) is 6.14. The van der Waals surface area contributed by atoms with Crippen LogP contribution in [-0.4, -0.2) is 20.9 Å². The molecule has 0 spiro atoms. The van der Waals surface area contributed by atoms with Crippen LogP contribution in [0.2, 0.25) is 0 Å². The molecule has 2 aliphatic rings. The zero-order valence-electron chi connectivity index (χ0n) is 16.1. The number of para-hydroxylation sites is 1. The Morgan fingerprint density at radius 3 is 2.79 bits per heavy atom. The summed E-state index contributed by atoms with van der Waals surface area (Å²) in [5.74, 6) is 0.521. The van der Waals surface area contributed by atoms with Crippen LogP contribution in [-0.2, 0) is 6.54 Å². The number of hydrogen-bond donors (Lipinski definition) is 0. The number of benzene rings is 2. The Bertz CT molecular complexity index is 1230. The van der Waals surface area contributed by atoms with E-state index in [1.54, 1.807) is 0 Å². The van der Waals surface area contributed by atoms with Crippen LogP contribution < -0.4 is 0 Å². The van der Waals surface area contributed by atoms with E-state index in [0.29, 0.717) is 12.0 Å². The van der Waals surface area contributed by atoms with Gasteiger partial charge < -0.3 is 4.90 Å². The van der Waals surface area contributed by atoms with Crippen molar-refractivity contribution in [1.29, 1.82) is 0 Å². The smallest absolute Gasteiger partial charge is 0.0705 e. The van der Waals surface area contributed by atoms with Gasteiger partial charge in [0, 0.05) is 53.7 Å². The van der Waals surface area contributed by atoms with Gasteiger partial charge in [0.05, 0.1) is 5.52 Å².